The highest BCUT2D eigenvalue weighted by Crippen LogP contribution is 2.34. The molecule has 2 aromatic rings. The zero-order chi connectivity index (χ0) is 17.4. The summed E-state index contributed by atoms with van der Waals surface area (Å²) in [4.78, 5) is 30.5. The lowest BCUT2D eigenvalue weighted by molar-refractivity contribution is -0.133. The number of nitrogens with one attached hydrogen (secondary N) is 1. The molecule has 4 rings (SSSR count). The molecule has 1 saturated heterocycles. The predicted octanol–water partition coefficient (Wildman–Crippen LogP) is 3.25. The number of halogens is 1. The number of carbonyl (C=O) groups excluding carboxylic acids is 2. The van der Waals surface area contributed by atoms with Crippen molar-refractivity contribution < 1.29 is 14.1 Å². The molecule has 3 amide bonds. The van der Waals surface area contributed by atoms with Crippen molar-refractivity contribution in [2.75, 3.05) is 0 Å². The van der Waals surface area contributed by atoms with Crippen molar-refractivity contribution in [3.05, 3.63) is 34.6 Å². The van der Waals surface area contributed by atoms with Gasteiger partial charge in [-0.25, -0.2) is 4.79 Å². The Morgan fingerprint density at radius 2 is 1.88 bits per heavy atom. The third-order valence-corrected chi connectivity index (χ3v) is 5.35. The van der Waals surface area contributed by atoms with Crippen LogP contribution in [0.15, 0.2) is 33.3 Å². The molecule has 2 heterocycles. The van der Waals surface area contributed by atoms with E-state index in [4.69, 9.17) is 4.52 Å². The summed E-state index contributed by atoms with van der Waals surface area (Å²) in [6.07, 6.45) is 4.40. The van der Waals surface area contributed by atoms with Crippen LogP contribution >= 0.6 is 15.9 Å². The van der Waals surface area contributed by atoms with Gasteiger partial charge < -0.3 is 9.84 Å². The number of carbonyl (C=O) groups is 2. The summed E-state index contributed by atoms with van der Waals surface area (Å²) in [5.74, 6) is 0.497. The van der Waals surface area contributed by atoms with Gasteiger partial charge in [-0.3, -0.25) is 9.69 Å². The average Bonchev–Trinajstić information content (AvgIpc) is 3.16. The highest BCUT2D eigenvalue weighted by Gasteiger charge is 2.51. The maximum absolute atomic E-state index is 12.8. The van der Waals surface area contributed by atoms with Crippen molar-refractivity contribution in [1.29, 1.82) is 0 Å². The molecule has 1 aliphatic carbocycles. The number of nitrogens with zero attached hydrogens (tertiary/aromatic N) is 3. The van der Waals surface area contributed by atoms with Crippen LogP contribution in [0.5, 0.6) is 0 Å². The van der Waals surface area contributed by atoms with E-state index >= 15 is 0 Å². The van der Waals surface area contributed by atoms with Gasteiger partial charge in [-0.2, -0.15) is 4.98 Å². The monoisotopic (exact) mass is 404 g/mol. The number of imide groups is 1. The molecule has 0 atom stereocenters. The molecule has 7 nitrogen and oxygen atoms in total. The molecule has 130 valence electrons. The van der Waals surface area contributed by atoms with Crippen molar-refractivity contribution in [3.63, 3.8) is 0 Å². The first-order chi connectivity index (χ1) is 12.1. The minimum atomic E-state index is -0.732. The van der Waals surface area contributed by atoms with E-state index in [0.717, 1.165) is 29.3 Å². The first kappa shape index (κ1) is 16.3. The summed E-state index contributed by atoms with van der Waals surface area (Å²) in [5, 5.41) is 6.82. The van der Waals surface area contributed by atoms with Gasteiger partial charge in [0.2, 0.25) is 11.7 Å². The zero-order valence-corrected chi connectivity index (χ0v) is 15.1. The van der Waals surface area contributed by atoms with Crippen LogP contribution in [0.2, 0.25) is 0 Å². The van der Waals surface area contributed by atoms with E-state index in [1.54, 1.807) is 0 Å². The molecule has 0 radical (unpaired) electrons. The first-order valence-electron chi connectivity index (χ1n) is 8.30. The molecule has 1 aliphatic heterocycles. The molecule has 1 aromatic heterocycles. The second-order valence-electron chi connectivity index (χ2n) is 6.48. The predicted molar refractivity (Wildman–Crippen MR) is 92.3 cm³/mol. The van der Waals surface area contributed by atoms with Gasteiger partial charge in [0.25, 0.3) is 5.91 Å². The summed E-state index contributed by atoms with van der Waals surface area (Å²) in [5.41, 5.74) is 0.0725. The zero-order valence-electron chi connectivity index (χ0n) is 13.5. The Morgan fingerprint density at radius 1 is 1.16 bits per heavy atom. The normalized spacial score (nSPS) is 19.5. The fourth-order valence-corrected chi connectivity index (χ4v) is 3.75. The highest BCUT2D eigenvalue weighted by atomic mass is 79.9. The Balaban J connectivity index is 1.51. The van der Waals surface area contributed by atoms with E-state index in [0.29, 0.717) is 18.7 Å². The lowest BCUT2D eigenvalue weighted by atomic mass is 9.82. The highest BCUT2D eigenvalue weighted by molar-refractivity contribution is 9.10. The fraction of sp³-hybridized carbons (Fsp3) is 0.412. The van der Waals surface area contributed by atoms with Crippen LogP contribution in [0.3, 0.4) is 0 Å². The van der Waals surface area contributed by atoms with Crippen LogP contribution in [0.1, 0.15) is 38.0 Å². The molecule has 2 aliphatic rings. The summed E-state index contributed by atoms with van der Waals surface area (Å²) in [6.45, 7) is -0.00402. The molecule has 1 N–H and O–H groups in total. The molecular weight excluding hydrogens is 388 g/mol. The number of rotatable bonds is 3. The number of urea groups is 1. The quantitative estimate of drug-likeness (QED) is 0.792. The molecule has 25 heavy (non-hydrogen) atoms. The van der Waals surface area contributed by atoms with E-state index in [1.165, 1.54) is 4.90 Å². The second kappa shape index (κ2) is 6.25. The average molecular weight is 405 g/mol. The van der Waals surface area contributed by atoms with Crippen LogP contribution in [-0.2, 0) is 11.3 Å². The Morgan fingerprint density at radius 3 is 2.60 bits per heavy atom. The van der Waals surface area contributed by atoms with Gasteiger partial charge in [0.1, 0.15) is 12.1 Å². The molecular formula is C17H17BrN4O3. The van der Waals surface area contributed by atoms with Crippen LogP contribution in [0.25, 0.3) is 11.4 Å². The summed E-state index contributed by atoms with van der Waals surface area (Å²) < 4.78 is 6.19. The number of amides is 3. The van der Waals surface area contributed by atoms with E-state index in [-0.39, 0.29) is 24.4 Å². The summed E-state index contributed by atoms with van der Waals surface area (Å²) in [6, 6.07) is 7.12. The van der Waals surface area contributed by atoms with Gasteiger partial charge in [-0.05, 0) is 37.1 Å². The minimum Gasteiger partial charge on any atom is -0.337 e. The molecule has 1 spiro atoms. The molecule has 8 heteroatoms. The van der Waals surface area contributed by atoms with Crippen molar-refractivity contribution >= 4 is 27.9 Å². The van der Waals surface area contributed by atoms with Crippen LogP contribution in [-0.4, -0.2) is 32.5 Å². The van der Waals surface area contributed by atoms with Gasteiger partial charge in [0.15, 0.2) is 0 Å². The van der Waals surface area contributed by atoms with E-state index < -0.39 is 5.54 Å². The van der Waals surface area contributed by atoms with Gasteiger partial charge >= 0.3 is 6.03 Å². The smallest absolute Gasteiger partial charge is 0.325 e. The molecule has 1 aromatic carbocycles. The van der Waals surface area contributed by atoms with Crippen LogP contribution in [0.4, 0.5) is 4.79 Å². The number of hydrogen-bond acceptors (Lipinski definition) is 5. The Bertz CT molecular complexity index is 812. The van der Waals surface area contributed by atoms with E-state index in [1.807, 2.05) is 24.3 Å². The van der Waals surface area contributed by atoms with E-state index in [2.05, 4.69) is 31.4 Å². The van der Waals surface area contributed by atoms with Crippen molar-refractivity contribution in [1.82, 2.24) is 20.4 Å². The Hall–Kier alpha value is -2.22. The summed E-state index contributed by atoms with van der Waals surface area (Å²) in [7, 11) is 0. The van der Waals surface area contributed by atoms with Crippen molar-refractivity contribution in [3.8, 4) is 11.4 Å². The molecule has 2 fully saturated rings. The topological polar surface area (TPSA) is 88.3 Å². The van der Waals surface area contributed by atoms with Crippen molar-refractivity contribution in [2.24, 2.45) is 0 Å². The van der Waals surface area contributed by atoms with Gasteiger partial charge in [-0.15, -0.1) is 0 Å². The third-order valence-electron chi connectivity index (χ3n) is 4.82. The number of benzene rings is 1. The van der Waals surface area contributed by atoms with Gasteiger partial charge in [-0.1, -0.05) is 40.3 Å². The maximum atomic E-state index is 12.8. The lowest BCUT2D eigenvalue weighted by Crippen LogP contribution is -2.48. The van der Waals surface area contributed by atoms with Crippen LogP contribution < -0.4 is 5.32 Å². The number of hydrogen-bond donors (Lipinski definition) is 1. The molecule has 0 bridgehead atoms. The van der Waals surface area contributed by atoms with Gasteiger partial charge in [0, 0.05) is 10.0 Å². The SMILES string of the molecule is O=C1NC2(CCCCC2)C(=O)N1Cc1nc(-c2ccc(Br)cc2)no1. The summed E-state index contributed by atoms with van der Waals surface area (Å²) >= 11 is 3.38. The largest absolute Gasteiger partial charge is 0.337 e. The fourth-order valence-electron chi connectivity index (χ4n) is 3.48. The van der Waals surface area contributed by atoms with Gasteiger partial charge in [0.05, 0.1) is 0 Å². The second-order valence-corrected chi connectivity index (χ2v) is 7.40. The standard InChI is InChI=1S/C17H17BrN4O3/c18-12-6-4-11(5-7-12)14-19-13(25-21-14)10-22-15(23)17(20-16(22)24)8-2-1-3-9-17/h4-7H,1-3,8-10H2,(H,20,24). The molecule has 1 saturated carbocycles. The Kier molecular flexibility index (Phi) is 4.07. The minimum absolute atomic E-state index is 0.00402. The Labute approximate surface area is 152 Å². The van der Waals surface area contributed by atoms with Crippen molar-refractivity contribution in [2.45, 2.75) is 44.2 Å². The number of aromatic nitrogens is 2. The van der Waals surface area contributed by atoms with E-state index in [9.17, 15) is 9.59 Å². The lowest BCUT2D eigenvalue weighted by Gasteiger charge is -2.30. The third kappa shape index (κ3) is 2.95. The molecule has 0 unspecified atom stereocenters. The first-order valence-corrected chi connectivity index (χ1v) is 9.09. The maximum Gasteiger partial charge on any atom is 0.325 e. The van der Waals surface area contributed by atoms with Crippen LogP contribution in [0, 0.1) is 0 Å².